The van der Waals surface area contributed by atoms with E-state index < -0.39 is 17.4 Å². The molecular formula is C29H35N3O4. The van der Waals surface area contributed by atoms with Crippen LogP contribution in [0.2, 0.25) is 0 Å². The van der Waals surface area contributed by atoms with Crippen molar-refractivity contribution in [2.24, 2.45) is 5.73 Å². The van der Waals surface area contributed by atoms with Crippen LogP contribution in [0.3, 0.4) is 0 Å². The molecule has 0 spiro atoms. The highest BCUT2D eigenvalue weighted by Gasteiger charge is 2.42. The van der Waals surface area contributed by atoms with Gasteiger partial charge in [0, 0.05) is 12.2 Å². The number of rotatable bonds is 14. The second kappa shape index (κ2) is 14.0. The van der Waals surface area contributed by atoms with Gasteiger partial charge in [-0.3, -0.25) is 9.59 Å². The molecule has 3 aromatic carbocycles. The Morgan fingerprint density at radius 3 is 2.14 bits per heavy atom. The van der Waals surface area contributed by atoms with Gasteiger partial charge in [-0.15, -0.1) is 0 Å². The molecule has 7 nitrogen and oxygen atoms in total. The Labute approximate surface area is 213 Å². The Bertz CT molecular complexity index is 1070. The van der Waals surface area contributed by atoms with Crippen molar-refractivity contribution in [3.05, 3.63) is 96.1 Å². The van der Waals surface area contributed by atoms with Crippen LogP contribution in [0, 0.1) is 0 Å². The van der Waals surface area contributed by atoms with E-state index in [0.29, 0.717) is 31.0 Å². The fourth-order valence-electron chi connectivity index (χ4n) is 3.47. The molecule has 0 fully saturated rings. The number of benzene rings is 3. The van der Waals surface area contributed by atoms with Crippen molar-refractivity contribution >= 4 is 17.5 Å². The van der Waals surface area contributed by atoms with Crippen molar-refractivity contribution in [3.63, 3.8) is 0 Å². The van der Waals surface area contributed by atoms with Crippen molar-refractivity contribution in [1.29, 1.82) is 0 Å². The molecule has 4 N–H and O–H groups in total. The summed E-state index contributed by atoms with van der Waals surface area (Å²) in [7, 11) is 0. The van der Waals surface area contributed by atoms with Crippen LogP contribution in [0.5, 0.6) is 5.75 Å². The van der Waals surface area contributed by atoms with Gasteiger partial charge in [0.2, 0.25) is 0 Å². The summed E-state index contributed by atoms with van der Waals surface area (Å²) in [6, 6.07) is 26.3. The highest BCUT2D eigenvalue weighted by Crippen LogP contribution is 2.18. The lowest BCUT2D eigenvalue weighted by Crippen LogP contribution is -2.64. The molecule has 0 aromatic heterocycles. The third kappa shape index (κ3) is 8.22. The molecule has 0 saturated heterocycles. The number of ether oxygens (including phenoxy) is 2. The summed E-state index contributed by atoms with van der Waals surface area (Å²) in [6.45, 7) is 3.04. The number of hydrogen-bond acceptors (Lipinski definition) is 5. The number of unbranched alkanes of at least 4 members (excludes halogenated alkanes) is 1. The zero-order valence-electron chi connectivity index (χ0n) is 20.7. The molecule has 7 heteroatoms. The van der Waals surface area contributed by atoms with Gasteiger partial charge in [-0.2, -0.15) is 0 Å². The van der Waals surface area contributed by atoms with E-state index in [2.05, 4.69) is 17.6 Å². The summed E-state index contributed by atoms with van der Waals surface area (Å²) in [6.07, 6.45) is 2.64. The summed E-state index contributed by atoms with van der Waals surface area (Å²) in [5, 5.41) is 5.55. The first-order valence-electron chi connectivity index (χ1n) is 12.3. The van der Waals surface area contributed by atoms with Crippen molar-refractivity contribution in [2.45, 2.75) is 38.3 Å². The van der Waals surface area contributed by atoms with Crippen LogP contribution in [0.4, 0.5) is 5.69 Å². The smallest absolute Gasteiger partial charge is 0.256 e. The molecule has 190 valence electrons. The predicted molar refractivity (Wildman–Crippen MR) is 142 cm³/mol. The summed E-state index contributed by atoms with van der Waals surface area (Å²) in [5.41, 5.74) is 7.01. The monoisotopic (exact) mass is 489 g/mol. The SMILES string of the molecule is CCCCOc1ccc(NC(=O)C(N)(COCc2ccccc2)C(=O)NCCc2ccccc2)cc1. The molecule has 3 rings (SSSR count). The number of anilines is 1. The number of nitrogens with two attached hydrogens (primary N) is 1. The van der Waals surface area contributed by atoms with E-state index in [9.17, 15) is 9.59 Å². The van der Waals surface area contributed by atoms with Crippen molar-refractivity contribution in [3.8, 4) is 5.75 Å². The summed E-state index contributed by atoms with van der Waals surface area (Å²) < 4.78 is 11.4. The van der Waals surface area contributed by atoms with Crippen molar-refractivity contribution < 1.29 is 19.1 Å². The Hall–Kier alpha value is -3.68. The molecule has 0 aliphatic rings. The van der Waals surface area contributed by atoms with E-state index in [4.69, 9.17) is 15.2 Å². The fourth-order valence-corrected chi connectivity index (χ4v) is 3.47. The van der Waals surface area contributed by atoms with Gasteiger partial charge >= 0.3 is 0 Å². The molecule has 0 bridgehead atoms. The van der Waals surface area contributed by atoms with Gasteiger partial charge < -0.3 is 25.8 Å². The van der Waals surface area contributed by atoms with Crippen LogP contribution in [-0.4, -0.2) is 37.1 Å². The van der Waals surface area contributed by atoms with Crippen LogP contribution in [0.25, 0.3) is 0 Å². The van der Waals surface area contributed by atoms with Gasteiger partial charge in [-0.05, 0) is 48.2 Å². The van der Waals surface area contributed by atoms with E-state index in [0.717, 1.165) is 24.0 Å². The normalized spacial score (nSPS) is 12.4. The molecule has 1 unspecified atom stereocenters. The third-order valence-corrected chi connectivity index (χ3v) is 5.67. The standard InChI is InChI=1S/C29H35N3O4/c1-2-3-20-36-26-16-14-25(15-17-26)32-28(34)29(30,22-35-21-24-12-8-5-9-13-24)27(33)31-19-18-23-10-6-4-7-11-23/h4-17H,2-3,18-22,30H2,1H3,(H,31,33)(H,32,34). The maximum atomic E-state index is 13.2. The minimum absolute atomic E-state index is 0.230. The van der Waals surface area contributed by atoms with Crippen LogP contribution >= 0.6 is 0 Å². The molecular weight excluding hydrogens is 454 g/mol. The number of carbonyl (C=O) groups excluding carboxylic acids is 2. The molecule has 0 aliphatic heterocycles. The lowest BCUT2D eigenvalue weighted by atomic mass is 9.99. The minimum Gasteiger partial charge on any atom is -0.494 e. The fraction of sp³-hybridized carbons (Fsp3) is 0.310. The zero-order chi connectivity index (χ0) is 25.6. The zero-order valence-corrected chi connectivity index (χ0v) is 20.7. The van der Waals surface area contributed by atoms with Crippen LogP contribution in [0.15, 0.2) is 84.9 Å². The quantitative estimate of drug-likeness (QED) is 0.234. The van der Waals surface area contributed by atoms with E-state index in [-0.39, 0.29) is 13.2 Å². The molecule has 0 radical (unpaired) electrons. The van der Waals surface area contributed by atoms with Crippen LogP contribution in [0.1, 0.15) is 30.9 Å². The first-order valence-corrected chi connectivity index (χ1v) is 12.3. The molecule has 0 saturated carbocycles. The summed E-state index contributed by atoms with van der Waals surface area (Å²) in [4.78, 5) is 26.4. The molecule has 0 heterocycles. The van der Waals surface area contributed by atoms with Gasteiger partial charge in [0.25, 0.3) is 11.8 Å². The van der Waals surface area contributed by atoms with E-state index in [1.54, 1.807) is 24.3 Å². The first kappa shape index (κ1) is 26.9. The van der Waals surface area contributed by atoms with Gasteiger partial charge in [0.1, 0.15) is 5.75 Å². The highest BCUT2D eigenvalue weighted by molar-refractivity contribution is 6.14. The lowest BCUT2D eigenvalue weighted by molar-refractivity contribution is -0.137. The average molecular weight is 490 g/mol. The van der Waals surface area contributed by atoms with Crippen LogP contribution < -0.4 is 21.1 Å². The molecule has 36 heavy (non-hydrogen) atoms. The second-order valence-electron chi connectivity index (χ2n) is 8.62. The van der Waals surface area contributed by atoms with Gasteiger partial charge in [-0.25, -0.2) is 0 Å². The largest absolute Gasteiger partial charge is 0.494 e. The maximum absolute atomic E-state index is 13.2. The minimum atomic E-state index is -1.91. The maximum Gasteiger partial charge on any atom is 0.256 e. The van der Waals surface area contributed by atoms with Gasteiger partial charge in [-0.1, -0.05) is 74.0 Å². The van der Waals surface area contributed by atoms with E-state index in [1.807, 2.05) is 60.7 Å². The number of hydrogen-bond donors (Lipinski definition) is 3. The Balaban J connectivity index is 1.64. The number of nitrogens with one attached hydrogen (secondary N) is 2. The lowest BCUT2D eigenvalue weighted by Gasteiger charge is -2.27. The van der Waals surface area contributed by atoms with Crippen LogP contribution in [-0.2, 0) is 27.4 Å². The van der Waals surface area contributed by atoms with Crippen molar-refractivity contribution in [2.75, 3.05) is 25.1 Å². The average Bonchev–Trinajstić information content (AvgIpc) is 2.91. The first-order chi connectivity index (χ1) is 17.5. The topological polar surface area (TPSA) is 103 Å². The highest BCUT2D eigenvalue weighted by atomic mass is 16.5. The summed E-state index contributed by atoms with van der Waals surface area (Å²) >= 11 is 0. The predicted octanol–water partition coefficient (Wildman–Crippen LogP) is 4.08. The van der Waals surface area contributed by atoms with E-state index >= 15 is 0 Å². The third-order valence-electron chi connectivity index (χ3n) is 5.67. The van der Waals surface area contributed by atoms with Gasteiger partial charge in [0.15, 0.2) is 5.54 Å². The Morgan fingerprint density at radius 1 is 0.861 bits per heavy atom. The molecule has 3 aromatic rings. The molecule has 2 amide bonds. The Kier molecular flexibility index (Phi) is 10.5. The van der Waals surface area contributed by atoms with Crippen molar-refractivity contribution in [1.82, 2.24) is 5.32 Å². The number of carbonyl (C=O) groups is 2. The summed E-state index contributed by atoms with van der Waals surface area (Å²) in [5.74, 6) is -0.527. The second-order valence-corrected chi connectivity index (χ2v) is 8.62. The van der Waals surface area contributed by atoms with Gasteiger partial charge in [0.05, 0.1) is 19.8 Å². The van der Waals surface area contributed by atoms with E-state index in [1.165, 1.54) is 0 Å². The molecule has 1 atom stereocenters. The Morgan fingerprint density at radius 2 is 1.50 bits per heavy atom. The number of amides is 2. The molecule has 0 aliphatic carbocycles.